The molecule has 1 aliphatic carbocycles. The maximum Gasteiger partial charge on any atom is 0.128 e. The van der Waals surface area contributed by atoms with Crippen LogP contribution < -0.4 is 9.47 Å². The number of methoxy groups -OCH3 is 1. The molecule has 0 radical (unpaired) electrons. The quantitative estimate of drug-likeness (QED) is 0.403. The molecule has 1 aliphatic rings. The lowest BCUT2D eigenvalue weighted by Crippen LogP contribution is -2.21. The Balaban J connectivity index is 1.65. The van der Waals surface area contributed by atoms with E-state index >= 15 is 0 Å². The molecule has 3 rings (SSSR count). The first-order valence-electron chi connectivity index (χ1n) is 9.43. The summed E-state index contributed by atoms with van der Waals surface area (Å²) in [4.78, 5) is 4.12. The van der Waals surface area contributed by atoms with Crippen molar-refractivity contribution in [3.8, 4) is 11.5 Å². The molecule has 0 spiro atoms. The predicted octanol–water partition coefficient (Wildman–Crippen LogP) is 5.72. The lowest BCUT2D eigenvalue weighted by atomic mass is 9.78. The fourth-order valence-electron chi connectivity index (χ4n) is 3.59. The highest BCUT2D eigenvalue weighted by Crippen LogP contribution is 2.34. The van der Waals surface area contributed by atoms with E-state index in [1.807, 2.05) is 12.1 Å². The van der Waals surface area contributed by atoms with Gasteiger partial charge in [-0.15, -0.1) is 0 Å². The van der Waals surface area contributed by atoms with Gasteiger partial charge in [0.2, 0.25) is 0 Å². The lowest BCUT2D eigenvalue weighted by molar-refractivity contribution is -0.187. The molecule has 27 heavy (non-hydrogen) atoms. The van der Waals surface area contributed by atoms with E-state index in [0.717, 1.165) is 42.8 Å². The molecule has 1 fully saturated rings. The minimum absolute atomic E-state index is 0.0976. The summed E-state index contributed by atoms with van der Waals surface area (Å²) in [6, 6.07) is 16.6. The van der Waals surface area contributed by atoms with Crippen LogP contribution in [0.4, 0.5) is 0 Å². The van der Waals surface area contributed by atoms with Gasteiger partial charge in [0.05, 0.1) is 13.2 Å². The summed E-state index contributed by atoms with van der Waals surface area (Å²) in [7, 11) is 1.68. The Hall–Kier alpha value is -2.46. The van der Waals surface area contributed by atoms with E-state index in [0.29, 0.717) is 0 Å². The van der Waals surface area contributed by atoms with Gasteiger partial charge in [-0.1, -0.05) is 38.1 Å². The summed E-state index contributed by atoms with van der Waals surface area (Å²) < 4.78 is 11.4. The van der Waals surface area contributed by atoms with Gasteiger partial charge in [-0.05, 0) is 66.6 Å². The van der Waals surface area contributed by atoms with Gasteiger partial charge in [0, 0.05) is 5.41 Å². The van der Waals surface area contributed by atoms with Crippen LogP contribution in [0.5, 0.6) is 11.5 Å². The van der Waals surface area contributed by atoms with Crippen LogP contribution in [0.25, 0.3) is 0 Å². The maximum absolute atomic E-state index is 8.51. The summed E-state index contributed by atoms with van der Waals surface area (Å²) in [5.41, 5.74) is 3.53. The predicted molar refractivity (Wildman–Crippen MR) is 106 cm³/mol. The maximum atomic E-state index is 8.51. The molecule has 4 heteroatoms. The van der Waals surface area contributed by atoms with Crippen molar-refractivity contribution in [3.63, 3.8) is 0 Å². The molecule has 0 heterocycles. The first-order valence-corrected chi connectivity index (χ1v) is 9.43. The fourth-order valence-corrected chi connectivity index (χ4v) is 3.59. The van der Waals surface area contributed by atoms with Crippen molar-refractivity contribution in [1.29, 1.82) is 0 Å². The van der Waals surface area contributed by atoms with E-state index in [2.05, 4.69) is 55.1 Å². The Bertz CT molecular complexity index is 750. The standard InChI is InChI=1S/C23H28O4/c1-23(2,18-6-12-20(25-3)13-7-18)19-8-14-22(15-9-19)27-21-10-4-17(5-11-21)16-26-24/h6-9,12-16,21,24H,4-5,10-11H2,1-3H3. The van der Waals surface area contributed by atoms with Gasteiger partial charge in [0.15, 0.2) is 0 Å². The highest BCUT2D eigenvalue weighted by molar-refractivity contribution is 5.41. The fraction of sp³-hybridized carbons (Fsp3) is 0.391. The monoisotopic (exact) mass is 368 g/mol. The zero-order valence-corrected chi connectivity index (χ0v) is 16.3. The molecule has 0 atom stereocenters. The molecule has 0 unspecified atom stereocenters. The molecule has 0 aromatic heterocycles. The average molecular weight is 368 g/mol. The third kappa shape index (κ3) is 4.64. The van der Waals surface area contributed by atoms with Crippen LogP contribution in [-0.2, 0) is 10.3 Å². The summed E-state index contributed by atoms with van der Waals surface area (Å²) in [6.45, 7) is 4.45. The Morgan fingerprint density at radius 2 is 1.41 bits per heavy atom. The summed E-state index contributed by atoms with van der Waals surface area (Å²) in [5.74, 6) is 1.77. The minimum Gasteiger partial charge on any atom is -0.497 e. The van der Waals surface area contributed by atoms with E-state index in [-0.39, 0.29) is 11.5 Å². The average Bonchev–Trinajstić information content (AvgIpc) is 2.70. The SMILES string of the molecule is COc1ccc(C(C)(C)c2ccc(OC3CCC(=COO)CC3)cc2)cc1. The molecule has 1 saturated carbocycles. The minimum atomic E-state index is -0.0976. The van der Waals surface area contributed by atoms with Crippen molar-refractivity contribution in [2.45, 2.75) is 51.0 Å². The smallest absolute Gasteiger partial charge is 0.128 e. The Morgan fingerprint density at radius 3 is 1.89 bits per heavy atom. The van der Waals surface area contributed by atoms with Gasteiger partial charge < -0.3 is 14.4 Å². The van der Waals surface area contributed by atoms with Crippen LogP contribution in [-0.4, -0.2) is 18.5 Å². The number of rotatable bonds is 6. The van der Waals surface area contributed by atoms with Crippen LogP contribution in [0.1, 0.15) is 50.7 Å². The van der Waals surface area contributed by atoms with E-state index in [4.69, 9.17) is 14.7 Å². The van der Waals surface area contributed by atoms with Crippen LogP contribution in [0.3, 0.4) is 0 Å². The zero-order chi connectivity index (χ0) is 19.3. The van der Waals surface area contributed by atoms with E-state index < -0.39 is 0 Å². The molecule has 0 saturated heterocycles. The first-order chi connectivity index (χ1) is 13.0. The second-order valence-corrected chi connectivity index (χ2v) is 7.58. The van der Waals surface area contributed by atoms with E-state index in [9.17, 15) is 0 Å². The van der Waals surface area contributed by atoms with Crippen molar-refractivity contribution in [1.82, 2.24) is 0 Å². The van der Waals surface area contributed by atoms with E-state index in [1.165, 1.54) is 17.4 Å². The molecular weight excluding hydrogens is 340 g/mol. The summed E-state index contributed by atoms with van der Waals surface area (Å²) in [5, 5.41) is 8.51. The van der Waals surface area contributed by atoms with Crippen LogP contribution in [0.2, 0.25) is 0 Å². The molecule has 0 amide bonds. The topological polar surface area (TPSA) is 47.9 Å². The molecule has 1 N–H and O–H groups in total. The Morgan fingerprint density at radius 1 is 0.889 bits per heavy atom. The Kier molecular flexibility index (Phi) is 6.07. The molecular formula is C23H28O4. The third-order valence-corrected chi connectivity index (χ3v) is 5.48. The van der Waals surface area contributed by atoms with E-state index in [1.54, 1.807) is 7.11 Å². The second kappa shape index (κ2) is 8.49. The van der Waals surface area contributed by atoms with Crippen molar-refractivity contribution in [2.24, 2.45) is 0 Å². The van der Waals surface area contributed by atoms with Gasteiger partial charge in [-0.3, -0.25) is 0 Å². The van der Waals surface area contributed by atoms with Crippen molar-refractivity contribution >= 4 is 0 Å². The highest BCUT2D eigenvalue weighted by Gasteiger charge is 2.24. The number of ether oxygens (including phenoxy) is 2. The zero-order valence-electron chi connectivity index (χ0n) is 16.3. The molecule has 2 aromatic rings. The molecule has 0 aliphatic heterocycles. The van der Waals surface area contributed by atoms with Crippen molar-refractivity contribution < 1.29 is 19.6 Å². The number of benzene rings is 2. The van der Waals surface area contributed by atoms with Crippen LogP contribution >= 0.6 is 0 Å². The Labute approximate surface area is 161 Å². The van der Waals surface area contributed by atoms with Crippen molar-refractivity contribution in [3.05, 3.63) is 71.5 Å². The molecule has 2 aromatic carbocycles. The van der Waals surface area contributed by atoms with Gasteiger partial charge >= 0.3 is 0 Å². The van der Waals surface area contributed by atoms with Gasteiger partial charge in [-0.2, -0.15) is 0 Å². The van der Waals surface area contributed by atoms with Crippen LogP contribution in [0, 0.1) is 0 Å². The van der Waals surface area contributed by atoms with Gasteiger partial charge in [0.25, 0.3) is 0 Å². The molecule has 144 valence electrons. The third-order valence-electron chi connectivity index (χ3n) is 5.48. The normalized spacial score (nSPS) is 17.3. The molecule has 4 nitrogen and oxygen atoms in total. The lowest BCUT2D eigenvalue weighted by Gasteiger charge is -2.27. The largest absolute Gasteiger partial charge is 0.497 e. The van der Waals surface area contributed by atoms with Gasteiger partial charge in [0.1, 0.15) is 17.8 Å². The first kappa shape index (κ1) is 19.3. The summed E-state index contributed by atoms with van der Waals surface area (Å²) >= 11 is 0. The highest BCUT2D eigenvalue weighted by atomic mass is 17.1. The summed E-state index contributed by atoms with van der Waals surface area (Å²) in [6.07, 6.45) is 5.32. The van der Waals surface area contributed by atoms with Crippen molar-refractivity contribution in [2.75, 3.05) is 7.11 Å². The number of allylic oxidation sites excluding steroid dienone is 1. The molecule has 0 bridgehead atoms. The number of hydrogen-bond acceptors (Lipinski definition) is 4. The van der Waals surface area contributed by atoms with Crippen LogP contribution in [0.15, 0.2) is 60.4 Å². The second-order valence-electron chi connectivity index (χ2n) is 7.58. The number of hydrogen-bond donors (Lipinski definition) is 1. The van der Waals surface area contributed by atoms with Gasteiger partial charge in [-0.25, -0.2) is 5.26 Å².